The van der Waals surface area contributed by atoms with Crippen molar-refractivity contribution in [1.82, 2.24) is 45.6 Å². The Morgan fingerprint density at radius 1 is 1.15 bits per heavy atom. The number of hydrogen-bond acceptors (Lipinski definition) is 8. The molecule has 12 nitrogen and oxygen atoms in total. The van der Waals surface area contributed by atoms with Crippen LogP contribution in [0.1, 0.15) is 38.7 Å². The molecule has 0 aliphatic heterocycles. The average Bonchev–Trinajstić information content (AvgIpc) is 3.64. The van der Waals surface area contributed by atoms with Crippen LogP contribution in [0.2, 0.25) is 0 Å². The van der Waals surface area contributed by atoms with Crippen LogP contribution in [0.5, 0.6) is 5.75 Å². The number of H-pyrrole nitrogens is 1. The van der Waals surface area contributed by atoms with Gasteiger partial charge in [-0.2, -0.15) is 0 Å². The number of carbonyl (C=O) groups is 2. The van der Waals surface area contributed by atoms with Gasteiger partial charge in [0, 0.05) is 24.8 Å². The van der Waals surface area contributed by atoms with Gasteiger partial charge in [0.15, 0.2) is 11.4 Å². The second-order valence-electron chi connectivity index (χ2n) is 8.60. The Morgan fingerprint density at radius 3 is 2.68 bits per heavy atom. The molecule has 1 aromatic carbocycles. The van der Waals surface area contributed by atoms with Gasteiger partial charge in [0.25, 0.3) is 11.8 Å². The topological polar surface area (TPSA) is 144 Å². The molecular weight excluding hydrogens is 557 g/mol. The van der Waals surface area contributed by atoms with Crippen LogP contribution in [0.15, 0.2) is 55.0 Å². The molecule has 0 saturated carbocycles. The first-order chi connectivity index (χ1) is 19.6. The maximum Gasteiger partial charge on any atom is 0.573 e. The SMILES string of the molecule is O=C(NCc1cc(OC(F)(F)F)ccc1F)c1cn(CCC(F)CN(Cc2ccccn2)C(=O)c2c[nH]nn2)nn1. The van der Waals surface area contributed by atoms with Crippen LogP contribution in [0.4, 0.5) is 22.0 Å². The van der Waals surface area contributed by atoms with Crippen molar-refractivity contribution in [3.63, 3.8) is 0 Å². The summed E-state index contributed by atoms with van der Waals surface area (Å²) in [7, 11) is 0. The normalized spacial score (nSPS) is 12.1. The van der Waals surface area contributed by atoms with Crippen molar-refractivity contribution in [1.29, 1.82) is 0 Å². The largest absolute Gasteiger partial charge is 0.573 e. The summed E-state index contributed by atoms with van der Waals surface area (Å²) in [5.74, 6) is -2.82. The first-order valence-electron chi connectivity index (χ1n) is 12.0. The molecule has 2 amide bonds. The Labute approximate surface area is 228 Å². The predicted molar refractivity (Wildman–Crippen MR) is 129 cm³/mol. The van der Waals surface area contributed by atoms with E-state index in [0.29, 0.717) is 5.69 Å². The number of rotatable bonds is 12. The van der Waals surface area contributed by atoms with Crippen LogP contribution >= 0.6 is 0 Å². The Kier molecular flexibility index (Phi) is 9.15. The molecule has 0 aliphatic carbocycles. The number of nitrogens with zero attached hydrogens (tertiary/aromatic N) is 7. The molecule has 0 saturated heterocycles. The fourth-order valence-electron chi connectivity index (χ4n) is 3.64. The summed E-state index contributed by atoms with van der Waals surface area (Å²) < 4.78 is 71.2. The van der Waals surface area contributed by atoms with Crippen LogP contribution in [-0.2, 0) is 19.6 Å². The molecule has 216 valence electrons. The molecule has 3 heterocycles. The van der Waals surface area contributed by atoms with E-state index in [-0.39, 0.29) is 43.0 Å². The Bertz CT molecular complexity index is 1450. The molecule has 1 atom stereocenters. The third-order valence-corrected chi connectivity index (χ3v) is 5.55. The van der Waals surface area contributed by atoms with Gasteiger partial charge in [-0.3, -0.25) is 24.4 Å². The second kappa shape index (κ2) is 12.9. The molecule has 0 radical (unpaired) electrons. The molecule has 3 aromatic heterocycles. The van der Waals surface area contributed by atoms with E-state index in [9.17, 15) is 31.5 Å². The minimum atomic E-state index is -4.96. The zero-order valence-electron chi connectivity index (χ0n) is 21.1. The lowest BCUT2D eigenvalue weighted by molar-refractivity contribution is -0.274. The van der Waals surface area contributed by atoms with Crippen LogP contribution in [0, 0.1) is 5.82 Å². The van der Waals surface area contributed by atoms with Crippen molar-refractivity contribution in [2.45, 2.75) is 38.6 Å². The molecule has 0 aliphatic rings. The minimum absolute atomic E-state index is 0.00246. The smallest absolute Gasteiger partial charge is 0.406 e. The summed E-state index contributed by atoms with van der Waals surface area (Å²) in [5.41, 5.74) is 0.132. The number of nitrogens with one attached hydrogen (secondary N) is 2. The van der Waals surface area contributed by atoms with Crippen molar-refractivity contribution >= 4 is 11.8 Å². The van der Waals surface area contributed by atoms with Crippen LogP contribution in [0.25, 0.3) is 0 Å². The van der Waals surface area contributed by atoms with Crippen LogP contribution < -0.4 is 10.1 Å². The number of benzene rings is 1. The number of amides is 2. The van der Waals surface area contributed by atoms with Gasteiger partial charge in [-0.05, 0) is 36.8 Å². The quantitative estimate of drug-likeness (QED) is 0.244. The Morgan fingerprint density at radius 2 is 1.98 bits per heavy atom. The maximum absolute atomic E-state index is 15.0. The molecule has 17 heteroatoms. The van der Waals surface area contributed by atoms with Gasteiger partial charge in [0.2, 0.25) is 0 Å². The highest BCUT2D eigenvalue weighted by Gasteiger charge is 2.31. The highest BCUT2D eigenvalue weighted by Crippen LogP contribution is 2.24. The summed E-state index contributed by atoms with van der Waals surface area (Å²) in [6, 6.07) is 7.54. The minimum Gasteiger partial charge on any atom is -0.406 e. The molecule has 4 rings (SSSR count). The number of halogens is 5. The van der Waals surface area contributed by atoms with Crippen molar-refractivity contribution < 1.29 is 36.3 Å². The summed E-state index contributed by atoms with van der Waals surface area (Å²) in [6.45, 7) is -0.702. The van der Waals surface area contributed by atoms with Crippen molar-refractivity contribution in [2.24, 2.45) is 0 Å². The third-order valence-electron chi connectivity index (χ3n) is 5.55. The standard InChI is InChI=1S/C24H22F5N9O3/c25-16(12-37(13-17-3-1-2-7-30-17)23(40)20-11-32-35-33-20)6-8-38-14-21(34-36-38)22(39)31-10-15-9-18(4-5-19(15)26)41-24(27,28)29/h1-5,7,9,11,14,16H,6,8,10,12-13H2,(H,31,39)(H,32,33,35). The number of hydrogen-bond donors (Lipinski definition) is 2. The van der Waals surface area contributed by atoms with Gasteiger partial charge < -0.3 is 15.0 Å². The molecule has 0 bridgehead atoms. The number of ether oxygens (including phenoxy) is 1. The fraction of sp³-hybridized carbons (Fsp3) is 0.292. The van der Waals surface area contributed by atoms with Gasteiger partial charge in [-0.1, -0.05) is 16.5 Å². The predicted octanol–water partition coefficient (Wildman–Crippen LogP) is 2.83. The summed E-state index contributed by atoms with van der Waals surface area (Å²) in [6.07, 6.45) is -2.47. The van der Waals surface area contributed by atoms with E-state index >= 15 is 0 Å². The lowest BCUT2D eigenvalue weighted by atomic mass is 10.2. The van der Waals surface area contributed by atoms with E-state index in [1.165, 1.54) is 22.0 Å². The highest BCUT2D eigenvalue weighted by molar-refractivity contribution is 5.92. The number of carbonyl (C=O) groups excluding carboxylic acids is 2. The molecule has 2 N–H and O–H groups in total. The molecule has 0 spiro atoms. The number of alkyl halides is 4. The first-order valence-corrected chi connectivity index (χ1v) is 12.0. The highest BCUT2D eigenvalue weighted by atomic mass is 19.4. The summed E-state index contributed by atoms with van der Waals surface area (Å²) >= 11 is 0. The van der Waals surface area contributed by atoms with Gasteiger partial charge in [0.05, 0.1) is 31.2 Å². The third kappa shape index (κ3) is 8.51. The zero-order chi connectivity index (χ0) is 29.4. The second-order valence-corrected chi connectivity index (χ2v) is 8.60. The maximum atomic E-state index is 15.0. The van der Waals surface area contributed by atoms with Crippen molar-refractivity contribution in [2.75, 3.05) is 6.54 Å². The Hall–Kier alpha value is -4.96. The van der Waals surface area contributed by atoms with E-state index in [0.717, 1.165) is 18.2 Å². The lowest BCUT2D eigenvalue weighted by Crippen LogP contribution is -2.36. The summed E-state index contributed by atoms with van der Waals surface area (Å²) in [5, 5.41) is 19.4. The summed E-state index contributed by atoms with van der Waals surface area (Å²) in [4.78, 5) is 30.6. The Balaban J connectivity index is 1.31. The fourth-order valence-corrected chi connectivity index (χ4v) is 3.64. The molecule has 4 aromatic rings. The van der Waals surface area contributed by atoms with Crippen LogP contribution in [0.3, 0.4) is 0 Å². The zero-order valence-corrected chi connectivity index (χ0v) is 21.1. The molecular formula is C24H22F5N9O3. The van der Waals surface area contributed by atoms with E-state index in [1.807, 2.05) is 0 Å². The lowest BCUT2D eigenvalue weighted by Gasteiger charge is -2.23. The van der Waals surface area contributed by atoms with E-state index in [1.54, 1.807) is 24.4 Å². The van der Waals surface area contributed by atoms with Gasteiger partial charge >= 0.3 is 6.36 Å². The number of pyridine rings is 1. The monoisotopic (exact) mass is 579 g/mol. The van der Waals surface area contributed by atoms with E-state index in [4.69, 9.17) is 0 Å². The van der Waals surface area contributed by atoms with E-state index < -0.39 is 42.5 Å². The van der Waals surface area contributed by atoms with Gasteiger partial charge in [-0.25, -0.2) is 8.78 Å². The average molecular weight is 579 g/mol. The molecule has 41 heavy (non-hydrogen) atoms. The van der Waals surface area contributed by atoms with Crippen molar-refractivity contribution in [3.05, 3.63) is 83.5 Å². The van der Waals surface area contributed by atoms with Gasteiger partial charge in [0.1, 0.15) is 17.7 Å². The van der Waals surface area contributed by atoms with Crippen molar-refractivity contribution in [3.8, 4) is 5.75 Å². The first kappa shape index (κ1) is 29.0. The van der Waals surface area contributed by atoms with E-state index in [2.05, 4.69) is 40.8 Å². The number of aromatic amines is 1. The number of aryl methyl sites for hydroxylation is 1. The van der Waals surface area contributed by atoms with Crippen LogP contribution in [-0.4, -0.2) is 71.2 Å². The molecule has 0 fully saturated rings. The molecule has 1 unspecified atom stereocenters. The number of aromatic nitrogens is 7. The van der Waals surface area contributed by atoms with Gasteiger partial charge in [-0.15, -0.1) is 23.4 Å².